The lowest BCUT2D eigenvalue weighted by Gasteiger charge is -2.10. The van der Waals surface area contributed by atoms with Crippen molar-refractivity contribution in [2.45, 2.75) is 0 Å². The van der Waals surface area contributed by atoms with E-state index in [0.717, 1.165) is 0 Å². The average Bonchev–Trinajstić information content (AvgIpc) is 2.75. The molecule has 0 saturated carbocycles. The van der Waals surface area contributed by atoms with E-state index >= 15 is 0 Å². The molecule has 0 aliphatic heterocycles. The maximum atomic E-state index is 11.5. The van der Waals surface area contributed by atoms with Gasteiger partial charge in [0.2, 0.25) is 0 Å². The van der Waals surface area contributed by atoms with Crippen molar-refractivity contribution in [2.24, 2.45) is 0 Å². The third-order valence-corrected chi connectivity index (χ3v) is 2.71. The highest BCUT2D eigenvalue weighted by molar-refractivity contribution is 6.32. The number of hydrogen-bond donors (Lipinski definition) is 2. The van der Waals surface area contributed by atoms with Gasteiger partial charge in [-0.1, -0.05) is 11.6 Å². The molecule has 2 aromatic rings. The molecule has 18 heavy (non-hydrogen) atoms. The van der Waals surface area contributed by atoms with Crippen molar-refractivity contribution in [1.82, 2.24) is 9.55 Å². The van der Waals surface area contributed by atoms with Crippen molar-refractivity contribution in [3.8, 4) is 11.4 Å². The van der Waals surface area contributed by atoms with E-state index in [9.17, 15) is 9.59 Å². The number of aromatic carboxylic acids is 1. The van der Waals surface area contributed by atoms with Crippen LogP contribution in [0.5, 0.6) is 5.75 Å². The molecule has 0 bridgehead atoms. The Labute approximate surface area is 106 Å². The molecule has 0 fully saturated rings. The summed E-state index contributed by atoms with van der Waals surface area (Å²) in [5.74, 6) is -1.02. The standard InChI is InChI=1S/C11H9ClN2O4/c1-18-9-5-8(14-3-2-13-11(14)17)7(12)4-6(9)10(15)16/h2-5H,1H3,(H,13,17)(H,15,16). The largest absolute Gasteiger partial charge is 0.496 e. The van der Waals surface area contributed by atoms with Gasteiger partial charge in [0, 0.05) is 18.5 Å². The van der Waals surface area contributed by atoms with E-state index in [1.54, 1.807) is 0 Å². The summed E-state index contributed by atoms with van der Waals surface area (Å²) in [7, 11) is 1.35. The normalized spacial score (nSPS) is 10.3. The van der Waals surface area contributed by atoms with Crippen LogP contribution in [0.15, 0.2) is 29.3 Å². The Morgan fingerprint density at radius 1 is 1.50 bits per heavy atom. The van der Waals surface area contributed by atoms with Crippen molar-refractivity contribution in [3.05, 3.63) is 45.6 Å². The minimum absolute atomic E-state index is 0.0603. The number of imidazole rings is 1. The summed E-state index contributed by atoms with van der Waals surface area (Å²) < 4.78 is 6.24. The van der Waals surface area contributed by atoms with Crippen LogP contribution < -0.4 is 10.4 Å². The molecule has 0 spiro atoms. The highest BCUT2D eigenvalue weighted by Gasteiger charge is 2.16. The minimum Gasteiger partial charge on any atom is -0.496 e. The Bertz CT molecular complexity index is 659. The summed E-state index contributed by atoms with van der Waals surface area (Å²) in [6.07, 6.45) is 2.94. The fourth-order valence-electron chi connectivity index (χ4n) is 1.57. The van der Waals surface area contributed by atoms with Gasteiger partial charge in [-0.05, 0) is 6.07 Å². The maximum absolute atomic E-state index is 11.5. The number of ether oxygens (including phenoxy) is 1. The quantitative estimate of drug-likeness (QED) is 0.884. The number of halogens is 1. The van der Waals surface area contributed by atoms with Gasteiger partial charge in [-0.2, -0.15) is 0 Å². The predicted octanol–water partition coefficient (Wildman–Crippen LogP) is 1.53. The topological polar surface area (TPSA) is 84.3 Å². The summed E-state index contributed by atoms with van der Waals surface area (Å²) in [6.45, 7) is 0. The molecule has 7 heteroatoms. The number of nitrogens with zero attached hydrogens (tertiary/aromatic N) is 1. The van der Waals surface area contributed by atoms with Gasteiger partial charge in [-0.15, -0.1) is 0 Å². The van der Waals surface area contributed by atoms with Crippen LogP contribution >= 0.6 is 11.6 Å². The van der Waals surface area contributed by atoms with Crippen LogP contribution in [0, 0.1) is 0 Å². The molecule has 0 atom stereocenters. The van der Waals surface area contributed by atoms with Crippen LogP contribution in [0.4, 0.5) is 0 Å². The summed E-state index contributed by atoms with van der Waals surface area (Å²) >= 11 is 5.97. The molecule has 1 aromatic heterocycles. The molecule has 0 aliphatic rings. The zero-order valence-corrected chi connectivity index (χ0v) is 10.1. The molecule has 0 aliphatic carbocycles. The number of methoxy groups -OCH3 is 1. The zero-order valence-electron chi connectivity index (χ0n) is 9.31. The number of aromatic amines is 1. The van der Waals surface area contributed by atoms with Gasteiger partial charge in [-0.25, -0.2) is 9.59 Å². The van der Waals surface area contributed by atoms with E-state index in [1.165, 1.54) is 36.2 Å². The van der Waals surface area contributed by atoms with Gasteiger partial charge < -0.3 is 14.8 Å². The monoisotopic (exact) mass is 268 g/mol. The Balaban J connectivity index is 2.68. The SMILES string of the molecule is COc1cc(-n2cc[nH]c2=O)c(Cl)cc1C(=O)O. The Hall–Kier alpha value is -2.21. The van der Waals surface area contributed by atoms with Gasteiger partial charge in [-0.3, -0.25) is 4.57 Å². The first-order valence-electron chi connectivity index (χ1n) is 4.92. The summed E-state index contributed by atoms with van der Waals surface area (Å²) in [6, 6.07) is 2.65. The van der Waals surface area contributed by atoms with Crippen LogP contribution in [0.3, 0.4) is 0 Å². The number of carboxylic acids is 1. The van der Waals surface area contributed by atoms with Gasteiger partial charge in [0.15, 0.2) is 0 Å². The molecule has 0 amide bonds. The van der Waals surface area contributed by atoms with E-state index in [1.807, 2.05) is 0 Å². The molecule has 0 saturated heterocycles. The first kappa shape index (κ1) is 12.3. The van der Waals surface area contributed by atoms with Gasteiger partial charge in [0.25, 0.3) is 0 Å². The molecular weight excluding hydrogens is 260 g/mol. The van der Waals surface area contributed by atoms with Crippen molar-refractivity contribution in [2.75, 3.05) is 7.11 Å². The smallest absolute Gasteiger partial charge is 0.339 e. The fourth-order valence-corrected chi connectivity index (χ4v) is 1.83. The number of benzene rings is 1. The minimum atomic E-state index is -1.15. The second-order valence-corrected chi connectivity index (χ2v) is 3.85. The maximum Gasteiger partial charge on any atom is 0.339 e. The number of nitrogens with one attached hydrogen (secondary N) is 1. The van der Waals surface area contributed by atoms with E-state index in [2.05, 4.69) is 4.98 Å². The molecule has 1 heterocycles. The zero-order chi connectivity index (χ0) is 13.3. The molecule has 6 nitrogen and oxygen atoms in total. The van der Waals surface area contributed by atoms with Crippen molar-refractivity contribution >= 4 is 17.6 Å². The highest BCUT2D eigenvalue weighted by Crippen LogP contribution is 2.29. The lowest BCUT2D eigenvalue weighted by molar-refractivity contribution is 0.0693. The summed E-state index contributed by atoms with van der Waals surface area (Å²) in [5.41, 5.74) is -0.0818. The number of carbonyl (C=O) groups is 1. The number of carboxylic acid groups (broad SMARTS) is 1. The van der Waals surface area contributed by atoms with Gasteiger partial charge in [0.05, 0.1) is 17.8 Å². The van der Waals surface area contributed by atoms with Crippen LogP contribution in [0.1, 0.15) is 10.4 Å². The van der Waals surface area contributed by atoms with Gasteiger partial charge >= 0.3 is 11.7 Å². The summed E-state index contributed by atoms with van der Waals surface area (Å²) in [5, 5.41) is 9.13. The highest BCUT2D eigenvalue weighted by atomic mass is 35.5. The van der Waals surface area contributed by atoms with Crippen LogP contribution in [0.25, 0.3) is 5.69 Å². The van der Waals surface area contributed by atoms with Crippen molar-refractivity contribution < 1.29 is 14.6 Å². The van der Waals surface area contributed by atoms with Crippen LogP contribution in [-0.2, 0) is 0 Å². The number of rotatable bonds is 3. The molecule has 2 rings (SSSR count). The Morgan fingerprint density at radius 3 is 2.72 bits per heavy atom. The summed E-state index contributed by atoms with van der Waals surface area (Å²) in [4.78, 5) is 24.9. The first-order valence-corrected chi connectivity index (χ1v) is 5.29. The number of H-pyrrole nitrogens is 1. The third-order valence-electron chi connectivity index (χ3n) is 2.41. The molecule has 94 valence electrons. The van der Waals surface area contributed by atoms with Gasteiger partial charge in [0.1, 0.15) is 11.3 Å². The predicted molar refractivity (Wildman–Crippen MR) is 64.9 cm³/mol. The van der Waals surface area contributed by atoms with Crippen LogP contribution in [0.2, 0.25) is 5.02 Å². The average molecular weight is 269 g/mol. The molecule has 1 aromatic carbocycles. The van der Waals surface area contributed by atoms with E-state index in [0.29, 0.717) is 5.69 Å². The van der Waals surface area contributed by atoms with Crippen molar-refractivity contribution in [3.63, 3.8) is 0 Å². The molecule has 0 unspecified atom stereocenters. The second kappa shape index (κ2) is 4.58. The fraction of sp³-hybridized carbons (Fsp3) is 0.0909. The first-order chi connectivity index (χ1) is 8.54. The molecule has 0 radical (unpaired) electrons. The van der Waals surface area contributed by atoms with E-state index < -0.39 is 5.97 Å². The molecule has 2 N–H and O–H groups in total. The lowest BCUT2D eigenvalue weighted by atomic mass is 10.2. The second-order valence-electron chi connectivity index (χ2n) is 3.44. The molecular formula is C11H9ClN2O4. The number of hydrogen-bond acceptors (Lipinski definition) is 3. The third kappa shape index (κ3) is 1.98. The lowest BCUT2D eigenvalue weighted by Crippen LogP contribution is -2.15. The van der Waals surface area contributed by atoms with E-state index in [-0.39, 0.29) is 22.0 Å². The van der Waals surface area contributed by atoms with Crippen LogP contribution in [-0.4, -0.2) is 27.7 Å². The van der Waals surface area contributed by atoms with E-state index in [4.69, 9.17) is 21.4 Å². The Morgan fingerprint density at radius 2 is 2.22 bits per heavy atom. The van der Waals surface area contributed by atoms with Crippen molar-refractivity contribution in [1.29, 1.82) is 0 Å². The number of aromatic nitrogens is 2. The Kier molecular flexibility index (Phi) is 3.12.